The van der Waals surface area contributed by atoms with E-state index in [0.29, 0.717) is 49.5 Å². The minimum absolute atomic E-state index is 0.155. The molecule has 2 fully saturated rings. The molecule has 2 heterocycles. The van der Waals surface area contributed by atoms with Gasteiger partial charge in [-0.3, -0.25) is 9.59 Å². The molecule has 0 bridgehead atoms. The van der Waals surface area contributed by atoms with Gasteiger partial charge in [0, 0.05) is 19.6 Å². The summed E-state index contributed by atoms with van der Waals surface area (Å²) in [6, 6.07) is 12.7. The molecule has 4 rings (SSSR count). The van der Waals surface area contributed by atoms with Crippen LogP contribution < -0.4 is 14.8 Å². The van der Waals surface area contributed by atoms with Crippen LogP contribution in [0.3, 0.4) is 0 Å². The number of benzene rings is 2. The van der Waals surface area contributed by atoms with Crippen LogP contribution in [0.5, 0.6) is 11.5 Å². The highest BCUT2D eigenvalue weighted by molar-refractivity contribution is 7.92. The fourth-order valence-electron chi connectivity index (χ4n) is 4.88. The second-order valence-electron chi connectivity index (χ2n) is 9.18. The first-order chi connectivity index (χ1) is 17.9. The number of hydrogen-bond donors (Lipinski definition) is 1. The number of likely N-dealkylation sites (tertiary alicyclic amines) is 2. The van der Waals surface area contributed by atoms with Crippen molar-refractivity contribution in [3.63, 3.8) is 0 Å². The van der Waals surface area contributed by atoms with E-state index in [1.54, 1.807) is 48.3 Å². The highest BCUT2D eigenvalue weighted by Gasteiger charge is 2.42. The summed E-state index contributed by atoms with van der Waals surface area (Å²) < 4.78 is 23.1. The van der Waals surface area contributed by atoms with Crippen molar-refractivity contribution in [2.24, 2.45) is 0 Å². The fourth-order valence-corrected chi connectivity index (χ4v) is 5.94. The van der Waals surface area contributed by atoms with Crippen LogP contribution in [0.15, 0.2) is 53.4 Å². The number of methoxy groups -OCH3 is 2. The third kappa shape index (κ3) is 6.37. The Kier molecular flexibility index (Phi) is 8.94. The number of nitrogens with zero attached hydrogens (tertiary/aromatic N) is 2. The number of ether oxygens (including phenoxy) is 2. The number of rotatable bonds is 9. The average molecular weight is 528 g/mol. The quantitative estimate of drug-likeness (QED) is 0.502. The van der Waals surface area contributed by atoms with Crippen LogP contribution in [0, 0.1) is 0 Å². The van der Waals surface area contributed by atoms with Crippen molar-refractivity contribution in [2.75, 3.05) is 33.1 Å². The summed E-state index contributed by atoms with van der Waals surface area (Å²) >= 11 is -1.51. The SMILES string of the molecule is COc1ccc(CNC(=O)N2CCC[C@@H]2C(=O)N2CCC[C@H]2C(=O)C[S+]([O-])c2ccc(OC)cc2)cc1. The van der Waals surface area contributed by atoms with Gasteiger partial charge in [0.1, 0.15) is 17.5 Å². The lowest BCUT2D eigenvalue weighted by Gasteiger charge is -2.31. The Hall–Kier alpha value is -3.24. The minimum atomic E-state index is -1.51. The largest absolute Gasteiger partial charge is 0.611 e. The molecule has 2 aliphatic heterocycles. The van der Waals surface area contributed by atoms with Gasteiger partial charge < -0.3 is 29.1 Å². The smallest absolute Gasteiger partial charge is 0.318 e. The van der Waals surface area contributed by atoms with Crippen molar-refractivity contribution < 1.29 is 28.4 Å². The van der Waals surface area contributed by atoms with Gasteiger partial charge in [0.15, 0.2) is 10.6 Å². The van der Waals surface area contributed by atoms with Crippen LogP contribution in [-0.2, 0) is 27.3 Å². The summed E-state index contributed by atoms with van der Waals surface area (Å²) in [7, 11) is 3.15. The van der Waals surface area contributed by atoms with Crippen LogP contribution in [-0.4, -0.2) is 77.2 Å². The zero-order chi connectivity index (χ0) is 26.4. The standard InChI is InChI=1S/C27H33N3O6S/c1-35-20-9-7-19(8-10-20)17-28-27(33)30-16-4-6-24(30)26(32)29-15-3-5-23(29)25(31)18-37(34)22-13-11-21(36-2)12-14-22/h7-14,23-24H,3-6,15-18H2,1-2H3,(H,28,33)/t23-,24+,37?/m0/s1. The number of hydrogen-bond acceptors (Lipinski definition) is 6. The highest BCUT2D eigenvalue weighted by Crippen LogP contribution is 2.26. The Balaban J connectivity index is 1.35. The van der Waals surface area contributed by atoms with Crippen LogP contribution in [0.25, 0.3) is 0 Å². The van der Waals surface area contributed by atoms with Crippen molar-refractivity contribution in [1.82, 2.24) is 15.1 Å². The molecule has 0 aromatic heterocycles. The molecule has 3 atom stereocenters. The molecule has 37 heavy (non-hydrogen) atoms. The van der Waals surface area contributed by atoms with Crippen molar-refractivity contribution in [1.29, 1.82) is 0 Å². The van der Waals surface area contributed by atoms with E-state index in [-0.39, 0.29) is 23.5 Å². The zero-order valence-corrected chi connectivity index (χ0v) is 22.0. The summed E-state index contributed by atoms with van der Waals surface area (Å²) in [5.41, 5.74) is 0.922. The van der Waals surface area contributed by atoms with Gasteiger partial charge in [-0.15, -0.1) is 0 Å². The molecule has 1 unspecified atom stereocenters. The highest BCUT2D eigenvalue weighted by atomic mass is 32.2. The molecule has 198 valence electrons. The number of ketones is 1. The number of amides is 3. The molecule has 2 aromatic carbocycles. The third-order valence-electron chi connectivity index (χ3n) is 6.90. The number of carbonyl (C=O) groups is 3. The van der Waals surface area contributed by atoms with Crippen molar-refractivity contribution in [3.8, 4) is 11.5 Å². The normalized spacial score (nSPS) is 20.0. The van der Waals surface area contributed by atoms with Gasteiger partial charge in [-0.05, 0) is 78.8 Å². The summed E-state index contributed by atoms with van der Waals surface area (Å²) in [5.74, 6) is 0.811. The van der Waals surface area contributed by atoms with Crippen molar-refractivity contribution in [3.05, 3.63) is 54.1 Å². The number of nitrogens with one attached hydrogen (secondary N) is 1. The molecule has 2 saturated heterocycles. The summed E-state index contributed by atoms with van der Waals surface area (Å²) in [4.78, 5) is 43.2. The average Bonchev–Trinajstić information content (AvgIpc) is 3.62. The van der Waals surface area contributed by atoms with Crippen LogP contribution >= 0.6 is 0 Å². The minimum Gasteiger partial charge on any atom is -0.611 e. The maximum Gasteiger partial charge on any atom is 0.318 e. The maximum atomic E-state index is 13.5. The van der Waals surface area contributed by atoms with Crippen molar-refractivity contribution >= 4 is 28.9 Å². The van der Waals surface area contributed by atoms with Crippen molar-refractivity contribution in [2.45, 2.75) is 49.2 Å². The van der Waals surface area contributed by atoms with E-state index < -0.39 is 23.3 Å². The first kappa shape index (κ1) is 26.8. The molecule has 10 heteroatoms. The molecular weight excluding hydrogens is 494 g/mol. The first-order valence-electron chi connectivity index (χ1n) is 12.4. The van der Waals surface area contributed by atoms with E-state index >= 15 is 0 Å². The third-order valence-corrected chi connectivity index (χ3v) is 8.25. The monoisotopic (exact) mass is 527 g/mol. The maximum absolute atomic E-state index is 13.5. The lowest BCUT2D eigenvalue weighted by Crippen LogP contribution is -2.53. The number of Topliss-reactive ketones (excluding diaryl/α,β-unsaturated/α-hetero) is 1. The number of urea groups is 1. The van der Waals surface area contributed by atoms with Crippen LogP contribution in [0.4, 0.5) is 4.79 Å². The lowest BCUT2D eigenvalue weighted by molar-refractivity contribution is -0.140. The first-order valence-corrected chi connectivity index (χ1v) is 13.8. The summed E-state index contributed by atoms with van der Waals surface area (Å²) in [5, 5.41) is 2.90. The van der Waals surface area contributed by atoms with Crippen LogP contribution in [0.1, 0.15) is 31.2 Å². The Morgan fingerprint density at radius 3 is 2.08 bits per heavy atom. The molecule has 0 spiro atoms. The molecular formula is C27H33N3O6S. The molecule has 3 amide bonds. The van der Waals surface area contributed by atoms with Gasteiger partial charge in [0.25, 0.3) is 0 Å². The Labute approximate surface area is 220 Å². The lowest BCUT2D eigenvalue weighted by atomic mass is 10.1. The topological polar surface area (TPSA) is 111 Å². The second kappa shape index (κ2) is 12.3. The van der Waals surface area contributed by atoms with E-state index in [0.717, 1.165) is 17.7 Å². The Morgan fingerprint density at radius 2 is 1.46 bits per heavy atom. The van der Waals surface area contributed by atoms with E-state index in [1.165, 1.54) is 0 Å². The van der Waals surface area contributed by atoms with Gasteiger partial charge in [-0.1, -0.05) is 12.1 Å². The van der Waals surface area contributed by atoms with E-state index in [9.17, 15) is 18.9 Å². The Bertz CT molecular complexity index is 1090. The van der Waals surface area contributed by atoms with E-state index in [1.807, 2.05) is 24.3 Å². The molecule has 0 saturated carbocycles. The van der Waals surface area contributed by atoms with E-state index in [4.69, 9.17) is 9.47 Å². The van der Waals surface area contributed by atoms with Crippen LogP contribution in [0.2, 0.25) is 0 Å². The van der Waals surface area contributed by atoms with Gasteiger partial charge in [-0.2, -0.15) is 0 Å². The molecule has 0 radical (unpaired) electrons. The fraction of sp³-hybridized carbons (Fsp3) is 0.444. The summed E-state index contributed by atoms with van der Waals surface area (Å²) in [6.45, 7) is 1.28. The van der Waals surface area contributed by atoms with Gasteiger partial charge in [0.05, 0.1) is 20.3 Å². The molecule has 2 aliphatic rings. The molecule has 1 N–H and O–H groups in total. The Morgan fingerprint density at radius 1 is 0.892 bits per heavy atom. The second-order valence-corrected chi connectivity index (χ2v) is 10.6. The predicted octanol–water partition coefficient (Wildman–Crippen LogP) is 2.75. The molecule has 2 aromatic rings. The summed E-state index contributed by atoms with van der Waals surface area (Å²) in [6.07, 6.45) is 2.53. The van der Waals surface area contributed by atoms with Gasteiger partial charge in [-0.25, -0.2) is 4.79 Å². The molecule has 0 aliphatic carbocycles. The number of carbonyl (C=O) groups excluding carboxylic acids is 3. The predicted molar refractivity (Wildman–Crippen MR) is 139 cm³/mol. The molecule has 9 nitrogen and oxygen atoms in total. The van der Waals surface area contributed by atoms with Gasteiger partial charge >= 0.3 is 6.03 Å². The van der Waals surface area contributed by atoms with E-state index in [2.05, 4.69) is 5.32 Å². The van der Waals surface area contributed by atoms with Gasteiger partial charge in [0.2, 0.25) is 11.7 Å². The zero-order valence-electron chi connectivity index (χ0n) is 21.2.